The van der Waals surface area contributed by atoms with Crippen molar-refractivity contribution in [3.05, 3.63) is 69.2 Å². The maximum absolute atomic E-state index is 13.3. The molecule has 0 radical (unpaired) electrons. The molecule has 0 aliphatic carbocycles. The Morgan fingerprint density at radius 2 is 1.73 bits per heavy atom. The van der Waals surface area contributed by atoms with Gasteiger partial charge in [0.2, 0.25) is 0 Å². The Morgan fingerprint density at radius 1 is 1.06 bits per heavy atom. The molecule has 10 heteroatoms. The molecule has 0 unspecified atom stereocenters. The van der Waals surface area contributed by atoms with E-state index in [1.54, 1.807) is 25.1 Å². The van der Waals surface area contributed by atoms with Crippen LogP contribution in [0.25, 0.3) is 0 Å². The molecule has 0 amide bonds. The number of hydrogen-bond acceptors (Lipinski definition) is 6. The molecule has 0 N–H and O–H groups in total. The van der Waals surface area contributed by atoms with Crippen LogP contribution in [-0.2, 0) is 32.0 Å². The van der Waals surface area contributed by atoms with E-state index in [1.807, 2.05) is 13.8 Å². The van der Waals surface area contributed by atoms with Gasteiger partial charge in [-0.2, -0.15) is 13.2 Å². The normalized spacial score (nSPS) is 11.9. The van der Waals surface area contributed by atoms with Crippen molar-refractivity contribution in [2.45, 2.75) is 40.5 Å². The predicted molar refractivity (Wildman–Crippen MR) is 122 cm³/mol. The Labute approximate surface area is 196 Å². The molecule has 0 aliphatic heterocycles. The molecule has 180 valence electrons. The molecule has 2 aromatic carbocycles. The van der Waals surface area contributed by atoms with Gasteiger partial charge in [-0.05, 0) is 31.5 Å². The molecule has 0 bridgehead atoms. The van der Waals surface area contributed by atoms with Gasteiger partial charge in [0.25, 0.3) is 0 Å². The number of carbonyl (C=O) groups is 1. The highest BCUT2D eigenvalue weighted by atomic mass is 35.5. The highest BCUT2D eigenvalue weighted by molar-refractivity contribution is 6.43. The molecule has 0 saturated heterocycles. The van der Waals surface area contributed by atoms with Crippen LogP contribution in [0.3, 0.4) is 0 Å². The molecule has 2 rings (SSSR count). The number of ether oxygens (including phenoxy) is 1. The fourth-order valence-electron chi connectivity index (χ4n) is 2.81. The smallest absolute Gasteiger partial charge is 0.417 e. The Balaban J connectivity index is 0.00000265. The lowest BCUT2D eigenvalue weighted by Crippen LogP contribution is -2.20. The van der Waals surface area contributed by atoms with E-state index in [-0.39, 0.29) is 28.6 Å². The van der Waals surface area contributed by atoms with Gasteiger partial charge in [0.15, 0.2) is 5.71 Å². The van der Waals surface area contributed by atoms with Crippen LogP contribution in [0.1, 0.15) is 48.6 Å². The molecule has 0 atom stereocenters. The summed E-state index contributed by atoms with van der Waals surface area (Å²) in [5.74, 6) is -0.718. The monoisotopic (exact) mass is 486 g/mol. The van der Waals surface area contributed by atoms with Crippen molar-refractivity contribution in [3.63, 3.8) is 0 Å². The Kier molecular flexibility index (Phi) is 10.9. The first-order chi connectivity index (χ1) is 15.6. The van der Waals surface area contributed by atoms with Crippen molar-refractivity contribution < 1.29 is 32.4 Å². The summed E-state index contributed by atoms with van der Waals surface area (Å²) in [6.07, 6.45) is -4.60. The third-order valence-corrected chi connectivity index (χ3v) is 4.55. The molecule has 33 heavy (non-hydrogen) atoms. The Bertz CT molecular complexity index is 1020. The fraction of sp³-hybridized carbons (Fsp3) is 0.348. The number of esters is 1. The maximum atomic E-state index is 13.3. The van der Waals surface area contributed by atoms with E-state index in [2.05, 4.69) is 10.3 Å². The summed E-state index contributed by atoms with van der Waals surface area (Å²) in [4.78, 5) is 22.1. The lowest BCUT2D eigenvalue weighted by Gasteiger charge is -2.14. The molecule has 0 saturated carbocycles. The summed E-state index contributed by atoms with van der Waals surface area (Å²) >= 11 is 5.71. The second-order valence-corrected chi connectivity index (χ2v) is 6.79. The van der Waals surface area contributed by atoms with E-state index in [1.165, 1.54) is 33.3 Å². The number of alkyl halides is 3. The molecule has 0 spiro atoms. The standard InChI is InChI=1S/C21H20ClF3N2O4.C2H6/c1-12-6-5-7-16(19(27-30-4)20(28)29-3)17(12)11-31-26-13(2)15-9-8-14(22)10-18(15)21(23,24)25;1-2/h5-10H,11H2,1-4H3;1-2H3/b26-13+,27-19+;. The zero-order chi connectivity index (χ0) is 25.2. The van der Waals surface area contributed by atoms with E-state index in [0.717, 1.165) is 11.6 Å². The minimum Gasteiger partial charge on any atom is -0.464 e. The van der Waals surface area contributed by atoms with Crippen LogP contribution in [0.15, 0.2) is 46.7 Å². The van der Waals surface area contributed by atoms with E-state index in [0.29, 0.717) is 11.1 Å². The number of nitrogens with zero attached hydrogens (tertiary/aromatic N) is 2. The zero-order valence-corrected chi connectivity index (χ0v) is 20.0. The van der Waals surface area contributed by atoms with Crippen molar-refractivity contribution in [2.24, 2.45) is 10.3 Å². The number of rotatable bonds is 7. The number of hydrogen-bond donors (Lipinski definition) is 0. The van der Waals surface area contributed by atoms with E-state index in [9.17, 15) is 18.0 Å². The second-order valence-electron chi connectivity index (χ2n) is 6.35. The number of aryl methyl sites for hydroxylation is 1. The molecule has 0 aromatic heterocycles. The summed E-state index contributed by atoms with van der Waals surface area (Å²) < 4.78 is 44.7. The van der Waals surface area contributed by atoms with Crippen LogP contribution >= 0.6 is 11.6 Å². The van der Waals surface area contributed by atoms with Gasteiger partial charge in [0.05, 0.1) is 18.4 Å². The number of oxime groups is 2. The Morgan fingerprint density at radius 3 is 2.30 bits per heavy atom. The van der Waals surface area contributed by atoms with Crippen LogP contribution < -0.4 is 0 Å². The first-order valence-corrected chi connectivity index (χ1v) is 10.3. The summed E-state index contributed by atoms with van der Waals surface area (Å²) in [5, 5.41) is 7.51. The predicted octanol–water partition coefficient (Wildman–Crippen LogP) is 6.16. The maximum Gasteiger partial charge on any atom is 0.417 e. The highest BCUT2D eigenvalue weighted by Gasteiger charge is 2.34. The van der Waals surface area contributed by atoms with Crippen LogP contribution in [0.5, 0.6) is 0 Å². The average molecular weight is 487 g/mol. The lowest BCUT2D eigenvalue weighted by atomic mass is 9.99. The van der Waals surface area contributed by atoms with Crippen molar-refractivity contribution in [2.75, 3.05) is 14.2 Å². The zero-order valence-electron chi connectivity index (χ0n) is 19.2. The quantitative estimate of drug-likeness (QED) is 0.267. The number of halogens is 4. The van der Waals surface area contributed by atoms with Crippen molar-refractivity contribution >= 4 is 29.0 Å². The molecule has 0 aliphatic rings. The molecule has 0 fully saturated rings. The fourth-order valence-corrected chi connectivity index (χ4v) is 2.98. The SMILES string of the molecule is CC.CO/N=C(/C(=O)OC)c1cccc(C)c1CO/N=C(\C)c1ccc(Cl)cc1C(F)(F)F. The molecule has 2 aromatic rings. The lowest BCUT2D eigenvalue weighted by molar-refractivity contribution is -0.137. The largest absolute Gasteiger partial charge is 0.464 e. The number of carbonyl (C=O) groups excluding carboxylic acids is 1. The molecule has 0 heterocycles. The summed E-state index contributed by atoms with van der Waals surface area (Å²) in [6.45, 7) is 7.04. The van der Waals surface area contributed by atoms with E-state index < -0.39 is 17.7 Å². The Hall–Kier alpha value is -3.07. The molecular formula is C23H26ClF3N2O4. The van der Waals surface area contributed by atoms with Crippen LogP contribution in [0.2, 0.25) is 5.02 Å². The van der Waals surface area contributed by atoms with Gasteiger partial charge in [-0.1, -0.05) is 60.0 Å². The van der Waals surface area contributed by atoms with Gasteiger partial charge >= 0.3 is 12.1 Å². The topological polar surface area (TPSA) is 69.5 Å². The molecular weight excluding hydrogens is 461 g/mol. The third kappa shape index (κ3) is 7.49. The summed E-state index contributed by atoms with van der Waals surface area (Å²) in [5.41, 5.74) is 0.555. The van der Waals surface area contributed by atoms with Crippen LogP contribution in [0.4, 0.5) is 13.2 Å². The van der Waals surface area contributed by atoms with Crippen molar-refractivity contribution in [1.29, 1.82) is 0 Å². The van der Waals surface area contributed by atoms with Gasteiger partial charge in [0, 0.05) is 21.7 Å². The van der Waals surface area contributed by atoms with Crippen LogP contribution in [0, 0.1) is 6.92 Å². The van der Waals surface area contributed by atoms with Gasteiger partial charge < -0.3 is 14.4 Å². The van der Waals surface area contributed by atoms with Gasteiger partial charge in [-0.25, -0.2) is 4.79 Å². The first-order valence-electron chi connectivity index (χ1n) is 9.92. The minimum atomic E-state index is -4.60. The van der Waals surface area contributed by atoms with E-state index in [4.69, 9.17) is 26.0 Å². The highest BCUT2D eigenvalue weighted by Crippen LogP contribution is 2.34. The van der Waals surface area contributed by atoms with Crippen molar-refractivity contribution in [1.82, 2.24) is 0 Å². The van der Waals surface area contributed by atoms with Crippen molar-refractivity contribution in [3.8, 4) is 0 Å². The number of benzene rings is 2. The first kappa shape index (κ1) is 28.0. The number of methoxy groups -OCH3 is 1. The average Bonchev–Trinajstić information content (AvgIpc) is 2.78. The van der Waals surface area contributed by atoms with E-state index >= 15 is 0 Å². The third-order valence-electron chi connectivity index (χ3n) is 4.31. The van der Waals surface area contributed by atoms with Gasteiger partial charge in [-0.3, -0.25) is 0 Å². The van der Waals surface area contributed by atoms with Gasteiger partial charge in [0.1, 0.15) is 13.7 Å². The summed E-state index contributed by atoms with van der Waals surface area (Å²) in [7, 11) is 2.49. The second kappa shape index (κ2) is 12.8. The van der Waals surface area contributed by atoms with Gasteiger partial charge in [-0.15, -0.1) is 0 Å². The minimum absolute atomic E-state index is 0.0119. The molecule has 6 nitrogen and oxygen atoms in total. The summed E-state index contributed by atoms with van der Waals surface area (Å²) in [6, 6.07) is 8.51. The van der Waals surface area contributed by atoms with Crippen LogP contribution in [-0.4, -0.2) is 31.6 Å².